The maximum absolute atomic E-state index is 5.43. The molecule has 21 heavy (non-hydrogen) atoms. The average Bonchev–Trinajstić information content (AvgIpc) is 2.94. The van der Waals surface area contributed by atoms with Gasteiger partial charge in [0.15, 0.2) is 16.3 Å². The quantitative estimate of drug-likeness (QED) is 0.863. The van der Waals surface area contributed by atoms with Crippen LogP contribution in [0.15, 0.2) is 24.4 Å². The first-order chi connectivity index (χ1) is 10.3. The van der Waals surface area contributed by atoms with Gasteiger partial charge in [-0.05, 0) is 41.9 Å². The Morgan fingerprint density at radius 3 is 3.14 bits per heavy atom. The smallest absolute Gasteiger partial charge is 0.231 e. The number of nitrogens with zero attached hydrogens (tertiary/aromatic N) is 2. The summed E-state index contributed by atoms with van der Waals surface area (Å²) in [6.45, 7) is 3.10. The molecule has 0 amide bonds. The lowest BCUT2D eigenvalue weighted by molar-refractivity contribution is 0.174. The molecule has 1 aromatic heterocycles. The Morgan fingerprint density at radius 1 is 1.29 bits per heavy atom. The molecular weight excluding hydrogens is 286 g/mol. The number of aromatic amines is 1. The van der Waals surface area contributed by atoms with Crippen LogP contribution in [0.5, 0.6) is 11.5 Å². The van der Waals surface area contributed by atoms with E-state index in [-0.39, 0.29) is 0 Å². The normalized spacial score (nSPS) is 16.8. The molecule has 5 nitrogen and oxygen atoms in total. The first-order valence-electron chi connectivity index (χ1n) is 6.96. The second kappa shape index (κ2) is 5.13. The van der Waals surface area contributed by atoms with Crippen molar-refractivity contribution >= 4 is 12.2 Å². The van der Waals surface area contributed by atoms with Crippen LogP contribution in [0, 0.1) is 4.77 Å². The number of ether oxygens (including phenoxy) is 2. The van der Waals surface area contributed by atoms with Crippen LogP contribution in [0.3, 0.4) is 0 Å². The Hall–Kier alpha value is -1.92. The highest BCUT2D eigenvalue weighted by Crippen LogP contribution is 2.33. The van der Waals surface area contributed by atoms with Crippen LogP contribution in [-0.4, -0.2) is 28.2 Å². The Labute approximate surface area is 127 Å². The van der Waals surface area contributed by atoms with E-state index in [4.69, 9.17) is 21.7 Å². The van der Waals surface area contributed by atoms with E-state index in [1.807, 2.05) is 12.3 Å². The second-order valence-electron chi connectivity index (χ2n) is 5.34. The molecule has 1 N–H and O–H groups in total. The maximum Gasteiger partial charge on any atom is 0.231 e. The fourth-order valence-electron chi connectivity index (χ4n) is 2.83. The third kappa shape index (κ3) is 2.52. The third-order valence-electron chi connectivity index (χ3n) is 3.91. The summed E-state index contributed by atoms with van der Waals surface area (Å²) in [5.41, 5.74) is 3.68. The molecule has 0 radical (unpaired) electrons. The van der Waals surface area contributed by atoms with Gasteiger partial charge in [0, 0.05) is 31.5 Å². The summed E-state index contributed by atoms with van der Waals surface area (Å²) in [6.07, 6.45) is 2.89. The highest BCUT2D eigenvalue weighted by molar-refractivity contribution is 7.71. The largest absolute Gasteiger partial charge is 0.454 e. The summed E-state index contributed by atoms with van der Waals surface area (Å²) in [5.74, 6) is 1.67. The van der Waals surface area contributed by atoms with Gasteiger partial charge in [-0.3, -0.25) is 4.90 Å². The molecule has 0 fully saturated rings. The summed E-state index contributed by atoms with van der Waals surface area (Å²) < 4.78 is 11.3. The minimum atomic E-state index is 0.319. The second-order valence-corrected chi connectivity index (χ2v) is 5.73. The molecule has 2 aromatic rings. The predicted octanol–water partition coefficient (Wildman–Crippen LogP) is 2.43. The van der Waals surface area contributed by atoms with E-state index in [0.29, 0.717) is 11.6 Å². The number of hydrogen-bond donors (Lipinski definition) is 1. The summed E-state index contributed by atoms with van der Waals surface area (Å²) >= 11 is 5.10. The van der Waals surface area contributed by atoms with Gasteiger partial charge in [0.1, 0.15) is 0 Å². The van der Waals surface area contributed by atoms with Gasteiger partial charge in [0.05, 0.1) is 0 Å². The number of aromatic nitrogens is 2. The Morgan fingerprint density at radius 2 is 2.19 bits per heavy atom. The van der Waals surface area contributed by atoms with E-state index in [0.717, 1.165) is 37.6 Å². The van der Waals surface area contributed by atoms with Gasteiger partial charge in [-0.25, -0.2) is 4.98 Å². The van der Waals surface area contributed by atoms with E-state index in [1.54, 1.807) is 0 Å². The maximum atomic E-state index is 5.43. The van der Waals surface area contributed by atoms with Crippen molar-refractivity contribution in [2.24, 2.45) is 0 Å². The molecular formula is C15H15N3O2S. The van der Waals surface area contributed by atoms with E-state index in [2.05, 4.69) is 27.0 Å². The van der Waals surface area contributed by atoms with Gasteiger partial charge >= 0.3 is 0 Å². The molecule has 3 heterocycles. The molecule has 108 valence electrons. The first-order valence-corrected chi connectivity index (χ1v) is 7.37. The summed E-state index contributed by atoms with van der Waals surface area (Å²) in [4.78, 5) is 9.75. The van der Waals surface area contributed by atoms with E-state index < -0.39 is 0 Å². The topological polar surface area (TPSA) is 50.4 Å². The Kier molecular flexibility index (Phi) is 3.12. The molecule has 0 saturated carbocycles. The van der Waals surface area contributed by atoms with Crippen molar-refractivity contribution in [3.8, 4) is 11.5 Å². The van der Waals surface area contributed by atoms with Crippen LogP contribution in [0.2, 0.25) is 0 Å². The van der Waals surface area contributed by atoms with Gasteiger partial charge < -0.3 is 14.5 Å². The Bertz CT molecular complexity index is 744. The molecule has 0 atom stereocenters. The van der Waals surface area contributed by atoms with Gasteiger partial charge in [-0.1, -0.05) is 6.07 Å². The van der Waals surface area contributed by atoms with Gasteiger partial charge in [-0.15, -0.1) is 0 Å². The van der Waals surface area contributed by atoms with Crippen molar-refractivity contribution in [3.63, 3.8) is 0 Å². The number of nitrogens with one attached hydrogen (secondary N) is 1. The van der Waals surface area contributed by atoms with Gasteiger partial charge in [0.25, 0.3) is 0 Å². The lowest BCUT2D eigenvalue weighted by Gasteiger charge is -2.28. The van der Waals surface area contributed by atoms with E-state index in [1.165, 1.54) is 16.8 Å². The van der Waals surface area contributed by atoms with Crippen molar-refractivity contribution in [1.82, 2.24) is 14.9 Å². The minimum Gasteiger partial charge on any atom is -0.454 e. The lowest BCUT2D eigenvalue weighted by Crippen LogP contribution is -2.31. The molecule has 0 bridgehead atoms. The van der Waals surface area contributed by atoms with Crippen LogP contribution < -0.4 is 9.47 Å². The standard InChI is InChI=1S/C15H15N3O2S/c21-15-16-6-11-3-4-18(8-12(11)17-15)7-10-1-2-13-14(5-10)20-9-19-13/h1-2,5-6H,3-4,7-9H2,(H,16,17,21). The van der Waals surface area contributed by atoms with Crippen LogP contribution in [0.4, 0.5) is 0 Å². The van der Waals surface area contributed by atoms with Crippen LogP contribution in [0.25, 0.3) is 0 Å². The van der Waals surface area contributed by atoms with Crippen molar-refractivity contribution in [2.45, 2.75) is 19.5 Å². The molecule has 0 saturated heterocycles. The van der Waals surface area contributed by atoms with E-state index in [9.17, 15) is 0 Å². The van der Waals surface area contributed by atoms with Crippen molar-refractivity contribution in [1.29, 1.82) is 0 Å². The molecule has 2 aliphatic rings. The molecule has 0 spiro atoms. The molecule has 1 aromatic carbocycles. The molecule has 2 aliphatic heterocycles. The Balaban J connectivity index is 1.52. The summed E-state index contributed by atoms with van der Waals surface area (Å²) in [5, 5.41) is 0. The van der Waals surface area contributed by atoms with Crippen molar-refractivity contribution < 1.29 is 9.47 Å². The fraction of sp³-hybridized carbons (Fsp3) is 0.333. The first kappa shape index (κ1) is 12.8. The fourth-order valence-corrected chi connectivity index (χ4v) is 3.00. The monoisotopic (exact) mass is 301 g/mol. The van der Waals surface area contributed by atoms with Gasteiger partial charge in [-0.2, -0.15) is 0 Å². The number of fused-ring (bicyclic) bond motifs is 2. The minimum absolute atomic E-state index is 0.319. The number of hydrogen-bond acceptors (Lipinski definition) is 5. The number of benzene rings is 1. The van der Waals surface area contributed by atoms with Crippen molar-refractivity contribution in [2.75, 3.05) is 13.3 Å². The molecule has 0 aliphatic carbocycles. The van der Waals surface area contributed by atoms with Crippen LogP contribution in [0.1, 0.15) is 16.8 Å². The van der Waals surface area contributed by atoms with Crippen molar-refractivity contribution in [3.05, 3.63) is 46.0 Å². The average molecular weight is 301 g/mol. The zero-order valence-corrected chi connectivity index (χ0v) is 12.3. The predicted molar refractivity (Wildman–Crippen MR) is 79.8 cm³/mol. The molecule has 6 heteroatoms. The highest BCUT2D eigenvalue weighted by atomic mass is 32.1. The number of H-pyrrole nitrogens is 1. The zero-order chi connectivity index (χ0) is 14.2. The lowest BCUT2D eigenvalue weighted by atomic mass is 10.1. The van der Waals surface area contributed by atoms with Gasteiger partial charge in [0.2, 0.25) is 6.79 Å². The molecule has 4 rings (SSSR count). The highest BCUT2D eigenvalue weighted by Gasteiger charge is 2.19. The third-order valence-corrected chi connectivity index (χ3v) is 4.11. The van der Waals surface area contributed by atoms with E-state index >= 15 is 0 Å². The van der Waals surface area contributed by atoms with Crippen LogP contribution in [-0.2, 0) is 19.5 Å². The molecule has 0 unspecified atom stereocenters. The summed E-state index contributed by atoms with van der Waals surface area (Å²) in [6, 6.07) is 6.14. The van der Waals surface area contributed by atoms with Crippen LogP contribution >= 0.6 is 12.2 Å². The zero-order valence-electron chi connectivity index (χ0n) is 11.5. The summed E-state index contributed by atoms with van der Waals surface area (Å²) in [7, 11) is 0. The SMILES string of the molecule is S=c1ncc2c([nH]1)CN(Cc1ccc3c(c1)OCO3)CC2. The number of rotatable bonds is 2.